The second kappa shape index (κ2) is 6.16. The Morgan fingerprint density at radius 2 is 2.30 bits per heavy atom. The quantitative estimate of drug-likeness (QED) is 0.650. The van der Waals surface area contributed by atoms with Crippen molar-refractivity contribution in [1.82, 2.24) is 15.3 Å². The fourth-order valence-electron chi connectivity index (χ4n) is 1.63. The Labute approximate surface area is 119 Å². The molecule has 0 radical (unpaired) electrons. The Morgan fingerprint density at radius 1 is 1.50 bits per heavy atom. The second-order valence-corrected chi connectivity index (χ2v) is 4.41. The van der Waals surface area contributed by atoms with Gasteiger partial charge in [-0.25, -0.2) is 4.98 Å². The molecule has 0 spiro atoms. The van der Waals surface area contributed by atoms with Crippen molar-refractivity contribution in [2.75, 3.05) is 6.54 Å². The van der Waals surface area contributed by atoms with Crippen LogP contribution < -0.4 is 5.32 Å². The summed E-state index contributed by atoms with van der Waals surface area (Å²) in [7, 11) is 0. The number of hydrogen-bond donors (Lipinski definition) is 2. The molecule has 8 heteroatoms. The first-order valence-electron chi connectivity index (χ1n) is 5.77. The summed E-state index contributed by atoms with van der Waals surface area (Å²) in [5, 5.41) is 13.3. The smallest absolute Gasteiger partial charge is 0.270 e. The van der Waals surface area contributed by atoms with Crippen molar-refractivity contribution >= 4 is 23.2 Å². The summed E-state index contributed by atoms with van der Waals surface area (Å²) < 4.78 is 0. The monoisotopic (exact) mass is 294 g/mol. The van der Waals surface area contributed by atoms with Crippen LogP contribution in [0.1, 0.15) is 16.1 Å². The second-order valence-electron chi connectivity index (χ2n) is 4.00. The normalized spacial score (nSPS) is 10.2. The van der Waals surface area contributed by atoms with Gasteiger partial charge in [-0.3, -0.25) is 14.9 Å². The van der Waals surface area contributed by atoms with E-state index in [0.717, 1.165) is 11.8 Å². The minimum absolute atomic E-state index is 0.0539. The van der Waals surface area contributed by atoms with Gasteiger partial charge in [-0.2, -0.15) is 0 Å². The fraction of sp³-hybridized carbons (Fsp3) is 0.167. The van der Waals surface area contributed by atoms with Gasteiger partial charge in [0.25, 0.3) is 11.6 Å². The number of nitrogens with zero attached hydrogens (tertiary/aromatic N) is 2. The summed E-state index contributed by atoms with van der Waals surface area (Å²) in [5.74, 6) is -0.371. The third-order valence-electron chi connectivity index (χ3n) is 2.64. The van der Waals surface area contributed by atoms with Gasteiger partial charge in [-0.05, 0) is 6.07 Å². The van der Waals surface area contributed by atoms with Gasteiger partial charge in [0.15, 0.2) is 0 Å². The number of aromatic nitrogens is 2. The first-order chi connectivity index (χ1) is 9.58. The number of hydrogen-bond acceptors (Lipinski definition) is 4. The van der Waals surface area contributed by atoms with Crippen molar-refractivity contribution in [3.63, 3.8) is 0 Å². The van der Waals surface area contributed by atoms with Crippen molar-refractivity contribution < 1.29 is 9.72 Å². The maximum absolute atomic E-state index is 11.9. The van der Waals surface area contributed by atoms with Crippen LogP contribution in [0.5, 0.6) is 0 Å². The SMILES string of the molecule is O=C(NCCc1cnc[nH]1)c1ccc([N+](=O)[O-])cc1Cl. The standard InChI is InChI=1S/C12H11ClN4O3/c13-11-5-9(17(19)20)1-2-10(11)12(18)15-4-3-8-6-14-7-16-8/h1-2,5-7H,3-4H2,(H,14,16)(H,15,18). The minimum atomic E-state index is -0.564. The highest BCUT2D eigenvalue weighted by molar-refractivity contribution is 6.34. The molecule has 1 aromatic carbocycles. The summed E-state index contributed by atoms with van der Waals surface area (Å²) >= 11 is 5.87. The molecular formula is C12H11ClN4O3. The van der Waals surface area contributed by atoms with E-state index < -0.39 is 4.92 Å². The zero-order chi connectivity index (χ0) is 14.5. The van der Waals surface area contributed by atoms with Gasteiger partial charge in [-0.15, -0.1) is 0 Å². The summed E-state index contributed by atoms with van der Waals surface area (Å²) in [5.41, 5.74) is 0.964. The van der Waals surface area contributed by atoms with Crippen LogP contribution in [0, 0.1) is 10.1 Å². The van der Waals surface area contributed by atoms with E-state index in [4.69, 9.17) is 11.6 Å². The average Bonchev–Trinajstić information content (AvgIpc) is 2.91. The number of halogens is 1. The van der Waals surface area contributed by atoms with Crippen LogP contribution in [0.15, 0.2) is 30.7 Å². The summed E-state index contributed by atoms with van der Waals surface area (Å²) in [6.45, 7) is 0.411. The summed E-state index contributed by atoms with van der Waals surface area (Å²) in [6.07, 6.45) is 3.84. The van der Waals surface area contributed by atoms with Gasteiger partial charge in [0.2, 0.25) is 0 Å². The van der Waals surface area contributed by atoms with Crippen molar-refractivity contribution in [2.45, 2.75) is 6.42 Å². The van der Waals surface area contributed by atoms with E-state index in [-0.39, 0.29) is 22.2 Å². The number of H-pyrrole nitrogens is 1. The number of imidazole rings is 1. The highest BCUT2D eigenvalue weighted by Crippen LogP contribution is 2.22. The number of carbonyl (C=O) groups is 1. The molecule has 7 nitrogen and oxygen atoms in total. The van der Waals surface area contributed by atoms with E-state index in [1.54, 1.807) is 12.5 Å². The maximum Gasteiger partial charge on any atom is 0.270 e. The van der Waals surface area contributed by atoms with Gasteiger partial charge in [-0.1, -0.05) is 11.6 Å². The molecule has 0 saturated heterocycles. The lowest BCUT2D eigenvalue weighted by Crippen LogP contribution is -2.26. The molecule has 1 amide bonds. The predicted molar refractivity (Wildman–Crippen MR) is 72.7 cm³/mol. The molecule has 1 aromatic heterocycles. The number of amides is 1. The molecule has 0 aliphatic heterocycles. The van der Waals surface area contributed by atoms with E-state index in [1.165, 1.54) is 12.1 Å². The lowest BCUT2D eigenvalue weighted by molar-refractivity contribution is -0.384. The molecule has 0 aliphatic rings. The molecule has 0 aliphatic carbocycles. The predicted octanol–water partition coefficient (Wildman–Crippen LogP) is 1.94. The number of aromatic amines is 1. The van der Waals surface area contributed by atoms with E-state index in [1.807, 2.05) is 0 Å². The zero-order valence-electron chi connectivity index (χ0n) is 10.3. The van der Waals surface area contributed by atoms with Crippen molar-refractivity contribution in [2.24, 2.45) is 0 Å². The van der Waals surface area contributed by atoms with Crippen LogP contribution in [-0.2, 0) is 6.42 Å². The Kier molecular flexibility index (Phi) is 4.31. The molecule has 0 bridgehead atoms. The highest BCUT2D eigenvalue weighted by Gasteiger charge is 2.14. The van der Waals surface area contributed by atoms with Crippen LogP contribution in [0.4, 0.5) is 5.69 Å². The molecule has 2 rings (SSSR count). The lowest BCUT2D eigenvalue weighted by Gasteiger charge is -2.06. The van der Waals surface area contributed by atoms with Gasteiger partial charge >= 0.3 is 0 Å². The minimum Gasteiger partial charge on any atom is -0.352 e. The number of non-ortho nitro benzene ring substituents is 1. The van der Waals surface area contributed by atoms with Crippen LogP contribution >= 0.6 is 11.6 Å². The largest absolute Gasteiger partial charge is 0.352 e. The molecular weight excluding hydrogens is 284 g/mol. The average molecular weight is 295 g/mol. The number of benzene rings is 1. The molecule has 1 heterocycles. The van der Waals surface area contributed by atoms with Gasteiger partial charge in [0, 0.05) is 37.0 Å². The zero-order valence-corrected chi connectivity index (χ0v) is 11.1. The first kappa shape index (κ1) is 14.0. The number of nitro groups is 1. The molecule has 0 unspecified atom stereocenters. The molecule has 2 aromatic rings. The highest BCUT2D eigenvalue weighted by atomic mass is 35.5. The van der Waals surface area contributed by atoms with Crippen LogP contribution in [0.25, 0.3) is 0 Å². The molecule has 104 valence electrons. The Balaban J connectivity index is 1.97. The lowest BCUT2D eigenvalue weighted by atomic mass is 10.2. The Bertz CT molecular complexity index is 628. The van der Waals surface area contributed by atoms with Crippen molar-refractivity contribution in [1.29, 1.82) is 0 Å². The number of carbonyl (C=O) groups excluding carboxylic acids is 1. The van der Waals surface area contributed by atoms with E-state index >= 15 is 0 Å². The van der Waals surface area contributed by atoms with Gasteiger partial charge in [0.1, 0.15) is 0 Å². The van der Waals surface area contributed by atoms with E-state index in [2.05, 4.69) is 15.3 Å². The van der Waals surface area contributed by atoms with Crippen LogP contribution in [0.2, 0.25) is 5.02 Å². The fourth-order valence-corrected chi connectivity index (χ4v) is 1.89. The van der Waals surface area contributed by atoms with Crippen molar-refractivity contribution in [3.8, 4) is 0 Å². The maximum atomic E-state index is 11.9. The van der Waals surface area contributed by atoms with Crippen LogP contribution in [0.3, 0.4) is 0 Å². The van der Waals surface area contributed by atoms with Crippen LogP contribution in [-0.4, -0.2) is 27.3 Å². The summed E-state index contributed by atoms with van der Waals surface area (Å²) in [6, 6.07) is 3.74. The van der Waals surface area contributed by atoms with E-state index in [0.29, 0.717) is 13.0 Å². The Morgan fingerprint density at radius 3 is 2.90 bits per heavy atom. The van der Waals surface area contributed by atoms with Crippen molar-refractivity contribution in [3.05, 3.63) is 57.1 Å². The molecule has 20 heavy (non-hydrogen) atoms. The molecule has 2 N–H and O–H groups in total. The van der Waals surface area contributed by atoms with Gasteiger partial charge < -0.3 is 10.3 Å². The molecule has 0 fully saturated rings. The topological polar surface area (TPSA) is 101 Å². The molecule has 0 saturated carbocycles. The number of rotatable bonds is 5. The third kappa shape index (κ3) is 3.33. The first-order valence-corrected chi connectivity index (χ1v) is 6.15. The molecule has 0 atom stereocenters. The Hall–Kier alpha value is -2.41. The number of nitro benzene ring substituents is 1. The third-order valence-corrected chi connectivity index (χ3v) is 2.96. The van der Waals surface area contributed by atoms with Gasteiger partial charge in [0.05, 0.1) is 21.8 Å². The number of nitrogens with one attached hydrogen (secondary N) is 2. The van der Waals surface area contributed by atoms with E-state index in [9.17, 15) is 14.9 Å². The summed E-state index contributed by atoms with van der Waals surface area (Å²) in [4.78, 5) is 28.7.